The molecule has 4 N–H and O–H groups in total. The Hall–Kier alpha value is -2.76. The Morgan fingerprint density at radius 1 is 1.36 bits per heavy atom. The van der Waals surface area contributed by atoms with Crippen molar-refractivity contribution in [3.8, 4) is 0 Å². The molecule has 190 valence electrons. The van der Waals surface area contributed by atoms with Crippen molar-refractivity contribution in [3.05, 3.63) is 22.6 Å². The fourth-order valence-electron chi connectivity index (χ4n) is 4.01. The summed E-state index contributed by atoms with van der Waals surface area (Å²) in [5.74, 6) is -1.63. The smallest absolute Gasteiger partial charge is 0.352 e. The van der Waals surface area contributed by atoms with Crippen molar-refractivity contribution >= 4 is 75.0 Å². The average molecular weight is 569 g/mol. The lowest BCUT2D eigenvalue weighted by Crippen LogP contribution is -2.71. The lowest BCUT2D eigenvalue weighted by Gasteiger charge is -2.49. The highest BCUT2D eigenvalue weighted by molar-refractivity contribution is 8.01. The van der Waals surface area contributed by atoms with Gasteiger partial charge < -0.3 is 21.0 Å². The molecular weight excluding hydrogens is 549 g/mol. The Balaban J connectivity index is 1.30. The van der Waals surface area contributed by atoms with Gasteiger partial charge in [0.2, 0.25) is 11.5 Å². The number of rotatable bonds is 9. The molecule has 2 aromatic heterocycles. The van der Waals surface area contributed by atoms with Crippen LogP contribution >= 0.6 is 46.4 Å². The van der Waals surface area contributed by atoms with E-state index in [1.165, 1.54) is 39.8 Å². The summed E-state index contributed by atoms with van der Waals surface area (Å²) >= 11 is 5.01. The molecule has 17 heteroatoms. The van der Waals surface area contributed by atoms with Gasteiger partial charge >= 0.3 is 5.97 Å². The van der Waals surface area contributed by atoms with E-state index >= 15 is 0 Å². The lowest BCUT2D eigenvalue weighted by molar-refractivity contribution is -0.150. The number of carbonyl (C=O) groups is 3. The predicted molar refractivity (Wildman–Crippen MR) is 135 cm³/mol. The second kappa shape index (κ2) is 10.7. The van der Waals surface area contributed by atoms with Crippen LogP contribution in [0.1, 0.15) is 31.5 Å². The maximum absolute atomic E-state index is 13.1. The number of thioether (sulfide) groups is 2. The Labute approximate surface area is 221 Å². The van der Waals surface area contributed by atoms with Gasteiger partial charge in [-0.3, -0.25) is 14.5 Å². The number of nitrogens with two attached hydrogens (primary N) is 1. The number of nitrogen functional groups attached to an aromatic ring is 1. The van der Waals surface area contributed by atoms with Gasteiger partial charge in [0.25, 0.3) is 11.8 Å². The molecule has 4 heterocycles. The maximum Gasteiger partial charge on any atom is 0.352 e. The van der Waals surface area contributed by atoms with Gasteiger partial charge in [-0.05, 0) is 31.3 Å². The van der Waals surface area contributed by atoms with Crippen molar-refractivity contribution < 1.29 is 24.3 Å². The number of aliphatic carboxylic acids is 1. The minimum Gasteiger partial charge on any atom is -0.477 e. The van der Waals surface area contributed by atoms with Gasteiger partial charge in [0.15, 0.2) is 9.47 Å². The minimum atomic E-state index is -1.19. The number of nitrogens with one attached hydrogen (secondary N) is 1. The second-order valence-corrected chi connectivity index (χ2v) is 12.0. The number of aromatic nitrogens is 4. The van der Waals surface area contributed by atoms with Crippen molar-refractivity contribution in [2.45, 2.75) is 47.5 Å². The number of hydrogen-bond acceptors (Lipinski definition) is 14. The first kappa shape index (κ1) is 24.9. The Morgan fingerprint density at radius 2 is 2.17 bits per heavy atom. The molecule has 0 radical (unpaired) electrons. The van der Waals surface area contributed by atoms with E-state index in [1.54, 1.807) is 5.51 Å². The molecule has 36 heavy (non-hydrogen) atoms. The third-order valence-electron chi connectivity index (χ3n) is 5.71. The van der Waals surface area contributed by atoms with Crippen LogP contribution in [0.25, 0.3) is 0 Å². The van der Waals surface area contributed by atoms with Gasteiger partial charge in [0, 0.05) is 23.0 Å². The number of fused-ring (bicyclic) bond motifs is 1. The Bertz CT molecular complexity index is 1230. The fourth-order valence-corrected chi connectivity index (χ4v) is 7.42. The molecule has 2 atom stereocenters. The molecule has 3 aliphatic rings. The average Bonchev–Trinajstić information content (AvgIpc) is 3.64. The maximum atomic E-state index is 13.1. The molecule has 2 fully saturated rings. The summed E-state index contributed by atoms with van der Waals surface area (Å²) < 4.78 is 4.77. The largest absolute Gasteiger partial charge is 0.477 e. The zero-order valence-corrected chi connectivity index (χ0v) is 21.8. The van der Waals surface area contributed by atoms with Crippen LogP contribution in [0.4, 0.5) is 5.13 Å². The molecule has 0 bridgehead atoms. The normalized spacial score (nSPS) is 22.4. The monoisotopic (exact) mass is 568 g/mol. The quantitative estimate of drug-likeness (QED) is 0.170. The lowest BCUT2D eigenvalue weighted by atomic mass is 10.0. The van der Waals surface area contributed by atoms with Gasteiger partial charge in [-0.2, -0.15) is 9.36 Å². The van der Waals surface area contributed by atoms with E-state index in [-0.39, 0.29) is 28.5 Å². The SMILES string of the molecule is Nc1nc(C(=NOC2CCCC2)C(=O)NC2C(=O)N3C(C(=O)O)=C(CSc4nncs4)CS[C@@H]23)ns1. The van der Waals surface area contributed by atoms with Gasteiger partial charge in [-0.15, -0.1) is 22.0 Å². The fraction of sp³-hybridized carbons (Fsp3) is 0.474. The van der Waals surface area contributed by atoms with E-state index in [0.717, 1.165) is 37.2 Å². The van der Waals surface area contributed by atoms with Gasteiger partial charge in [0.05, 0.1) is 0 Å². The highest BCUT2D eigenvalue weighted by atomic mass is 32.2. The molecule has 1 aliphatic carbocycles. The zero-order valence-electron chi connectivity index (χ0n) is 18.5. The topological polar surface area (TPSA) is 186 Å². The number of hydrogen-bond donors (Lipinski definition) is 3. The number of nitrogens with zero attached hydrogens (tertiary/aromatic N) is 6. The highest BCUT2D eigenvalue weighted by Gasteiger charge is 2.54. The first-order valence-corrected chi connectivity index (χ1v) is 14.5. The summed E-state index contributed by atoms with van der Waals surface area (Å²) in [6.45, 7) is 0. The number of carboxylic acid groups (broad SMARTS) is 1. The Kier molecular flexibility index (Phi) is 7.40. The van der Waals surface area contributed by atoms with Gasteiger partial charge in [-0.1, -0.05) is 28.3 Å². The number of carbonyl (C=O) groups excluding carboxylic acids is 2. The third kappa shape index (κ3) is 5.05. The molecule has 5 rings (SSSR count). The van der Waals surface area contributed by atoms with Crippen LogP contribution < -0.4 is 11.1 Å². The van der Waals surface area contributed by atoms with Gasteiger partial charge in [0.1, 0.15) is 28.7 Å². The second-order valence-electron chi connectivity index (χ2n) is 8.02. The van der Waals surface area contributed by atoms with Gasteiger partial charge in [-0.25, -0.2) is 4.79 Å². The number of anilines is 1. The molecule has 0 spiro atoms. The summed E-state index contributed by atoms with van der Waals surface area (Å²) in [5, 5.41) is 23.8. The molecule has 0 aromatic carbocycles. The first-order valence-electron chi connectivity index (χ1n) is 10.9. The summed E-state index contributed by atoms with van der Waals surface area (Å²) in [7, 11) is 0. The molecule has 2 aliphatic heterocycles. The van der Waals surface area contributed by atoms with Crippen molar-refractivity contribution in [2.24, 2.45) is 5.16 Å². The van der Waals surface area contributed by atoms with Crippen LogP contribution in [0.15, 0.2) is 26.3 Å². The predicted octanol–water partition coefficient (Wildman–Crippen LogP) is 1.17. The number of oxime groups is 1. The molecular formula is C19H20N8O5S4. The van der Waals surface area contributed by atoms with E-state index < -0.39 is 29.2 Å². The number of amides is 2. The van der Waals surface area contributed by atoms with Crippen LogP contribution in [-0.4, -0.2) is 82.1 Å². The van der Waals surface area contributed by atoms with Crippen molar-refractivity contribution in [1.82, 2.24) is 29.8 Å². The molecule has 1 unspecified atom stereocenters. The summed E-state index contributed by atoms with van der Waals surface area (Å²) in [6, 6.07) is -0.929. The highest BCUT2D eigenvalue weighted by Crippen LogP contribution is 2.41. The first-order chi connectivity index (χ1) is 17.4. The van der Waals surface area contributed by atoms with E-state index in [1.807, 2.05) is 0 Å². The van der Waals surface area contributed by atoms with Crippen LogP contribution in [-0.2, 0) is 19.2 Å². The molecule has 1 saturated heterocycles. The van der Waals surface area contributed by atoms with E-state index in [4.69, 9.17) is 10.6 Å². The van der Waals surface area contributed by atoms with E-state index in [9.17, 15) is 19.5 Å². The molecule has 13 nitrogen and oxygen atoms in total. The molecule has 2 amide bonds. The van der Waals surface area contributed by atoms with Crippen molar-refractivity contribution in [3.63, 3.8) is 0 Å². The minimum absolute atomic E-state index is 0.00929. The zero-order chi connectivity index (χ0) is 25.2. The molecule has 1 saturated carbocycles. The standard InChI is InChI=1S/C19H20N8O5S4/c20-18-23-13(26-36-18)10(25-32-9-3-1-2-4-9)14(28)22-11-15(29)27-12(17(30)31)8(5-33-16(11)27)6-34-19-24-21-7-35-19/h7,9,11,16H,1-6H2,(H,22,28)(H,30,31)(H2,20,23,26)/t11?,16-/m0/s1. The molecule has 2 aromatic rings. The van der Waals surface area contributed by atoms with Crippen LogP contribution in [0.3, 0.4) is 0 Å². The van der Waals surface area contributed by atoms with E-state index in [2.05, 4.69) is 30.0 Å². The summed E-state index contributed by atoms with van der Waals surface area (Å²) in [5.41, 5.74) is 7.65. The van der Waals surface area contributed by atoms with E-state index in [0.29, 0.717) is 21.4 Å². The van der Waals surface area contributed by atoms with Crippen molar-refractivity contribution in [2.75, 3.05) is 17.2 Å². The number of β-lactam (4-membered cyclic amide) rings is 1. The van der Waals surface area contributed by atoms with Crippen LogP contribution in [0.2, 0.25) is 0 Å². The number of carboxylic acids is 1. The summed E-state index contributed by atoms with van der Waals surface area (Å²) in [6.07, 6.45) is 3.62. The van der Waals surface area contributed by atoms with Crippen molar-refractivity contribution in [1.29, 1.82) is 0 Å². The Morgan fingerprint density at radius 3 is 2.83 bits per heavy atom. The van der Waals surface area contributed by atoms with Crippen LogP contribution in [0.5, 0.6) is 0 Å². The summed E-state index contributed by atoms with van der Waals surface area (Å²) in [4.78, 5) is 49.0. The third-order valence-corrected chi connectivity index (χ3v) is 9.54. The van der Waals surface area contributed by atoms with Crippen LogP contribution in [0, 0.1) is 0 Å².